The van der Waals surface area contributed by atoms with Crippen LogP contribution in [0.2, 0.25) is 0 Å². The highest BCUT2D eigenvalue weighted by Crippen LogP contribution is 2.17. The van der Waals surface area contributed by atoms with Crippen LogP contribution >= 0.6 is 11.3 Å². The van der Waals surface area contributed by atoms with Gasteiger partial charge in [-0.3, -0.25) is 19.5 Å². The number of hydrogen-bond donors (Lipinski definition) is 0. The monoisotopic (exact) mass is 326 g/mol. The quantitative estimate of drug-likeness (QED) is 0.752. The molecule has 124 valence electrons. The average Bonchev–Trinajstić information content (AvgIpc) is 3.07. The van der Waals surface area contributed by atoms with Crippen molar-refractivity contribution in [3.63, 3.8) is 0 Å². The fourth-order valence-electron chi connectivity index (χ4n) is 2.78. The largest absolute Gasteiger partial charge is 0.383 e. The van der Waals surface area contributed by atoms with E-state index in [2.05, 4.69) is 21.7 Å². The van der Waals surface area contributed by atoms with E-state index in [1.54, 1.807) is 25.3 Å². The van der Waals surface area contributed by atoms with Crippen molar-refractivity contribution in [2.24, 2.45) is 0 Å². The fraction of sp³-hybridized carbons (Fsp3) is 0.733. The highest BCUT2D eigenvalue weighted by Gasteiger charge is 2.27. The van der Waals surface area contributed by atoms with Crippen LogP contribution in [0, 0.1) is 0 Å². The van der Waals surface area contributed by atoms with E-state index in [4.69, 9.17) is 4.74 Å². The SMILES string of the molecule is CC[C@@H]1CN(CC(=O)N(C)c2nccs2)CCN1CCOC. The smallest absolute Gasteiger partial charge is 0.242 e. The van der Waals surface area contributed by atoms with Crippen molar-refractivity contribution in [2.75, 3.05) is 58.4 Å². The van der Waals surface area contributed by atoms with E-state index in [1.807, 2.05) is 5.38 Å². The summed E-state index contributed by atoms with van der Waals surface area (Å²) in [7, 11) is 3.54. The molecule has 0 spiro atoms. The molecular formula is C15H26N4O2S. The molecule has 0 bridgehead atoms. The Kier molecular flexibility index (Phi) is 6.75. The summed E-state index contributed by atoms with van der Waals surface area (Å²) >= 11 is 1.49. The number of hydrogen-bond acceptors (Lipinski definition) is 6. The van der Waals surface area contributed by atoms with E-state index < -0.39 is 0 Å². The first-order valence-electron chi connectivity index (χ1n) is 7.77. The average molecular weight is 326 g/mol. The van der Waals surface area contributed by atoms with E-state index in [0.717, 1.165) is 44.3 Å². The lowest BCUT2D eigenvalue weighted by molar-refractivity contribution is -0.120. The minimum absolute atomic E-state index is 0.107. The summed E-state index contributed by atoms with van der Waals surface area (Å²) in [5.41, 5.74) is 0. The summed E-state index contributed by atoms with van der Waals surface area (Å²) in [5.74, 6) is 0.107. The molecular weight excluding hydrogens is 300 g/mol. The number of likely N-dealkylation sites (N-methyl/N-ethyl adjacent to an activating group) is 1. The highest BCUT2D eigenvalue weighted by atomic mass is 32.1. The summed E-state index contributed by atoms with van der Waals surface area (Å²) in [5, 5.41) is 2.65. The second-order valence-corrected chi connectivity index (χ2v) is 6.47. The second-order valence-electron chi connectivity index (χ2n) is 5.59. The van der Waals surface area contributed by atoms with E-state index >= 15 is 0 Å². The number of methoxy groups -OCH3 is 1. The third kappa shape index (κ3) is 4.49. The molecule has 2 rings (SSSR count). The second kappa shape index (κ2) is 8.57. The number of carbonyl (C=O) groups excluding carboxylic acids is 1. The molecule has 2 heterocycles. The van der Waals surface area contributed by atoms with Gasteiger partial charge < -0.3 is 4.74 Å². The fourth-order valence-corrected chi connectivity index (χ4v) is 3.40. The maximum atomic E-state index is 12.4. The Labute approximate surface area is 136 Å². The Morgan fingerprint density at radius 1 is 1.55 bits per heavy atom. The number of nitrogens with zero attached hydrogens (tertiary/aromatic N) is 4. The molecule has 1 saturated heterocycles. The summed E-state index contributed by atoms with van der Waals surface area (Å²) in [6.45, 7) is 7.27. The van der Waals surface area contributed by atoms with Crippen LogP contribution in [0.4, 0.5) is 5.13 Å². The van der Waals surface area contributed by atoms with Gasteiger partial charge in [0.1, 0.15) is 0 Å². The molecule has 0 aliphatic carbocycles. The Morgan fingerprint density at radius 2 is 2.36 bits per heavy atom. The van der Waals surface area contributed by atoms with E-state index in [1.165, 1.54) is 11.3 Å². The number of thiazole rings is 1. The van der Waals surface area contributed by atoms with Crippen molar-refractivity contribution < 1.29 is 9.53 Å². The first-order chi connectivity index (χ1) is 10.7. The Morgan fingerprint density at radius 3 is 3.00 bits per heavy atom. The lowest BCUT2D eigenvalue weighted by Gasteiger charge is -2.41. The molecule has 7 heteroatoms. The van der Waals surface area contributed by atoms with Crippen molar-refractivity contribution in [1.29, 1.82) is 0 Å². The normalized spacial score (nSPS) is 20.2. The molecule has 0 aromatic carbocycles. The zero-order valence-corrected chi connectivity index (χ0v) is 14.5. The minimum atomic E-state index is 0.107. The van der Waals surface area contributed by atoms with Gasteiger partial charge in [-0.25, -0.2) is 4.98 Å². The predicted octanol–water partition coefficient (Wildman–Crippen LogP) is 1.15. The zero-order chi connectivity index (χ0) is 15.9. The first kappa shape index (κ1) is 17.3. The van der Waals surface area contributed by atoms with Gasteiger partial charge in [-0.2, -0.15) is 0 Å². The molecule has 6 nitrogen and oxygen atoms in total. The highest BCUT2D eigenvalue weighted by molar-refractivity contribution is 7.13. The number of rotatable bonds is 7. The molecule has 0 N–H and O–H groups in total. The van der Waals surface area contributed by atoms with Crippen LogP contribution in [0.5, 0.6) is 0 Å². The predicted molar refractivity (Wildman–Crippen MR) is 89.5 cm³/mol. The van der Waals surface area contributed by atoms with Crippen LogP contribution in [0.15, 0.2) is 11.6 Å². The van der Waals surface area contributed by atoms with Gasteiger partial charge in [0.15, 0.2) is 5.13 Å². The Hall–Kier alpha value is -1.02. The number of carbonyl (C=O) groups is 1. The standard InChI is InChI=1S/C15H26N4O2S/c1-4-13-11-18(6-7-19(13)8-9-21-3)12-14(20)17(2)15-16-5-10-22-15/h5,10,13H,4,6-9,11-12H2,1-3H3/t13-/m1/s1. The maximum Gasteiger partial charge on any atom is 0.242 e. The number of anilines is 1. The topological polar surface area (TPSA) is 48.9 Å². The van der Waals surface area contributed by atoms with Gasteiger partial charge >= 0.3 is 0 Å². The Balaban J connectivity index is 1.85. The third-order valence-corrected chi connectivity index (χ3v) is 5.03. The van der Waals surface area contributed by atoms with Gasteiger partial charge in [0.25, 0.3) is 0 Å². The molecule has 1 atom stereocenters. The van der Waals surface area contributed by atoms with Crippen molar-refractivity contribution in [1.82, 2.24) is 14.8 Å². The van der Waals surface area contributed by atoms with Crippen molar-refractivity contribution in [3.05, 3.63) is 11.6 Å². The Bertz CT molecular complexity index is 454. The van der Waals surface area contributed by atoms with Crippen LogP contribution in [0.1, 0.15) is 13.3 Å². The van der Waals surface area contributed by atoms with Gasteiger partial charge in [-0.15, -0.1) is 11.3 Å². The summed E-state index contributed by atoms with van der Waals surface area (Å²) in [4.78, 5) is 22.9. The van der Waals surface area contributed by atoms with Gasteiger partial charge in [-0.1, -0.05) is 6.92 Å². The van der Waals surface area contributed by atoms with Crippen molar-refractivity contribution in [2.45, 2.75) is 19.4 Å². The number of amides is 1. The molecule has 1 aromatic heterocycles. The first-order valence-corrected chi connectivity index (χ1v) is 8.65. The summed E-state index contributed by atoms with van der Waals surface area (Å²) in [6.07, 6.45) is 2.82. The number of aromatic nitrogens is 1. The molecule has 1 amide bonds. The van der Waals surface area contributed by atoms with E-state index in [0.29, 0.717) is 12.6 Å². The van der Waals surface area contributed by atoms with Crippen LogP contribution in [0.25, 0.3) is 0 Å². The van der Waals surface area contributed by atoms with E-state index in [-0.39, 0.29) is 5.91 Å². The van der Waals surface area contributed by atoms with Crippen molar-refractivity contribution >= 4 is 22.4 Å². The number of ether oxygens (including phenoxy) is 1. The van der Waals surface area contributed by atoms with Crippen LogP contribution in [0.3, 0.4) is 0 Å². The molecule has 1 fully saturated rings. The molecule has 0 saturated carbocycles. The van der Waals surface area contributed by atoms with Gasteiger partial charge in [0.05, 0.1) is 13.2 Å². The lowest BCUT2D eigenvalue weighted by Crippen LogP contribution is -2.55. The van der Waals surface area contributed by atoms with Crippen LogP contribution in [-0.2, 0) is 9.53 Å². The van der Waals surface area contributed by atoms with Crippen LogP contribution in [-0.4, -0.2) is 80.2 Å². The number of piperazine rings is 1. The minimum Gasteiger partial charge on any atom is -0.383 e. The van der Waals surface area contributed by atoms with Gasteiger partial charge in [0.2, 0.25) is 5.91 Å². The molecule has 22 heavy (non-hydrogen) atoms. The molecule has 0 unspecified atom stereocenters. The molecule has 1 aliphatic heterocycles. The summed E-state index contributed by atoms with van der Waals surface area (Å²) in [6, 6.07) is 0.502. The third-order valence-electron chi connectivity index (χ3n) is 4.18. The molecule has 1 aromatic rings. The molecule has 0 radical (unpaired) electrons. The summed E-state index contributed by atoms with van der Waals surface area (Å²) < 4.78 is 5.18. The maximum absolute atomic E-state index is 12.4. The van der Waals surface area contributed by atoms with Crippen LogP contribution < -0.4 is 4.90 Å². The molecule has 1 aliphatic rings. The van der Waals surface area contributed by atoms with Gasteiger partial charge in [-0.05, 0) is 6.42 Å². The lowest BCUT2D eigenvalue weighted by atomic mass is 10.1. The van der Waals surface area contributed by atoms with E-state index in [9.17, 15) is 4.79 Å². The van der Waals surface area contributed by atoms with Crippen molar-refractivity contribution in [3.8, 4) is 0 Å². The van der Waals surface area contributed by atoms with Gasteiger partial charge in [0, 0.05) is 58.0 Å². The zero-order valence-electron chi connectivity index (χ0n) is 13.7.